The summed E-state index contributed by atoms with van der Waals surface area (Å²) < 4.78 is 0. The second-order valence-electron chi connectivity index (χ2n) is 6.09. The monoisotopic (exact) mass is 384 g/mol. The maximum Gasteiger partial charge on any atom is 0.267 e. The van der Waals surface area contributed by atoms with Crippen molar-refractivity contribution < 1.29 is 9.59 Å². The number of thiocarbonyl (C=S) groups is 1. The topological polar surface area (TPSA) is 73.5 Å². The molecule has 4 rings (SSSR count). The maximum absolute atomic E-state index is 12.8. The van der Waals surface area contributed by atoms with Crippen LogP contribution in [0.1, 0.15) is 11.1 Å². The van der Waals surface area contributed by atoms with Crippen LogP contribution in [0.3, 0.4) is 0 Å². The van der Waals surface area contributed by atoms with E-state index in [9.17, 15) is 9.59 Å². The fourth-order valence-electron chi connectivity index (χ4n) is 3.09. The molecular formula is C18H16N4O2S2. The van der Waals surface area contributed by atoms with E-state index in [1.807, 2.05) is 55.5 Å². The Morgan fingerprint density at radius 1 is 1.19 bits per heavy atom. The van der Waals surface area contributed by atoms with E-state index in [2.05, 4.69) is 16.1 Å². The van der Waals surface area contributed by atoms with E-state index in [0.29, 0.717) is 5.69 Å². The van der Waals surface area contributed by atoms with Crippen LogP contribution in [0.25, 0.3) is 0 Å². The number of carbonyl (C=O) groups excluding carboxylic acids is 2. The van der Waals surface area contributed by atoms with Gasteiger partial charge in [0.2, 0.25) is 4.87 Å². The van der Waals surface area contributed by atoms with Gasteiger partial charge in [-0.15, -0.1) is 11.8 Å². The molecule has 8 heteroatoms. The molecular weight excluding hydrogens is 368 g/mol. The van der Waals surface area contributed by atoms with Crippen molar-refractivity contribution in [1.82, 2.24) is 10.4 Å². The van der Waals surface area contributed by atoms with Crippen molar-refractivity contribution in [3.63, 3.8) is 0 Å². The number of rotatable bonds is 2. The van der Waals surface area contributed by atoms with Crippen molar-refractivity contribution >= 4 is 52.3 Å². The van der Waals surface area contributed by atoms with Crippen molar-refractivity contribution in [2.45, 2.75) is 11.8 Å². The van der Waals surface area contributed by atoms with Gasteiger partial charge in [0.05, 0.1) is 5.75 Å². The lowest BCUT2D eigenvalue weighted by Crippen LogP contribution is -2.56. The highest BCUT2D eigenvalue weighted by atomic mass is 32.2. The molecule has 2 aromatic carbocycles. The van der Waals surface area contributed by atoms with Gasteiger partial charge in [-0.3, -0.25) is 15.0 Å². The number of anilines is 2. The molecule has 0 aliphatic carbocycles. The Labute approximate surface area is 160 Å². The lowest BCUT2D eigenvalue weighted by atomic mass is 10.1. The predicted molar refractivity (Wildman–Crippen MR) is 107 cm³/mol. The Balaban J connectivity index is 1.60. The molecule has 0 bridgehead atoms. The highest BCUT2D eigenvalue weighted by molar-refractivity contribution is 8.02. The molecule has 1 unspecified atom stereocenters. The van der Waals surface area contributed by atoms with E-state index < -0.39 is 4.87 Å². The molecule has 26 heavy (non-hydrogen) atoms. The summed E-state index contributed by atoms with van der Waals surface area (Å²) in [6, 6.07) is 15.1. The fourth-order valence-corrected chi connectivity index (χ4v) is 4.55. The van der Waals surface area contributed by atoms with Gasteiger partial charge < -0.3 is 10.6 Å². The molecule has 1 spiro atoms. The van der Waals surface area contributed by atoms with E-state index in [4.69, 9.17) is 12.2 Å². The van der Waals surface area contributed by atoms with Gasteiger partial charge in [0.25, 0.3) is 11.8 Å². The van der Waals surface area contributed by atoms with Crippen LogP contribution in [0, 0.1) is 6.92 Å². The van der Waals surface area contributed by atoms with Crippen LogP contribution >= 0.6 is 24.0 Å². The first-order valence-electron chi connectivity index (χ1n) is 8.03. The van der Waals surface area contributed by atoms with Gasteiger partial charge in [-0.05, 0) is 37.3 Å². The van der Waals surface area contributed by atoms with Gasteiger partial charge in [-0.25, -0.2) is 5.01 Å². The van der Waals surface area contributed by atoms with Gasteiger partial charge in [0.15, 0.2) is 5.11 Å². The molecule has 2 aliphatic heterocycles. The molecule has 3 N–H and O–H groups in total. The van der Waals surface area contributed by atoms with Crippen LogP contribution in [0.4, 0.5) is 11.4 Å². The fraction of sp³-hybridized carbons (Fsp3) is 0.167. The number of benzene rings is 2. The molecule has 1 fully saturated rings. The molecule has 2 amide bonds. The third-order valence-electron chi connectivity index (χ3n) is 4.34. The second kappa shape index (κ2) is 6.30. The molecule has 2 aromatic rings. The van der Waals surface area contributed by atoms with Crippen molar-refractivity contribution in [2.75, 3.05) is 16.4 Å². The van der Waals surface area contributed by atoms with Crippen molar-refractivity contribution in [3.05, 3.63) is 59.7 Å². The molecule has 1 atom stereocenters. The summed E-state index contributed by atoms with van der Waals surface area (Å²) in [5.41, 5.74) is 6.33. The quantitative estimate of drug-likeness (QED) is 0.691. The summed E-state index contributed by atoms with van der Waals surface area (Å²) in [6.45, 7) is 2.00. The van der Waals surface area contributed by atoms with Gasteiger partial charge in [0.1, 0.15) is 0 Å². The smallest absolute Gasteiger partial charge is 0.267 e. The van der Waals surface area contributed by atoms with Crippen molar-refractivity contribution in [2.24, 2.45) is 0 Å². The number of nitrogens with one attached hydrogen (secondary N) is 3. The number of hydrogen-bond donors (Lipinski definition) is 3. The zero-order valence-electron chi connectivity index (χ0n) is 13.9. The number of nitrogens with zero attached hydrogens (tertiary/aromatic N) is 1. The molecule has 6 nitrogen and oxygen atoms in total. The third-order valence-corrected chi connectivity index (χ3v) is 5.93. The van der Waals surface area contributed by atoms with Crippen LogP contribution < -0.4 is 16.1 Å². The lowest BCUT2D eigenvalue weighted by molar-refractivity contribution is -0.138. The minimum Gasteiger partial charge on any atom is -0.331 e. The average Bonchev–Trinajstić information content (AvgIpc) is 3.10. The van der Waals surface area contributed by atoms with Crippen LogP contribution in [-0.4, -0.2) is 27.7 Å². The van der Waals surface area contributed by atoms with Crippen molar-refractivity contribution in [1.29, 1.82) is 0 Å². The standard InChI is InChI=1S/C18H16N4O2S2/c1-11-6-8-12(9-7-11)19-17(25)21-22-15(23)10-26-18(22)13-4-2-3-5-14(13)20-16(18)24/h2-9H,10H2,1H3,(H,20,24)(H2,19,21,25). The number of hydrogen-bond acceptors (Lipinski definition) is 4. The Morgan fingerprint density at radius 3 is 2.69 bits per heavy atom. The maximum atomic E-state index is 12.8. The van der Waals surface area contributed by atoms with Gasteiger partial charge in [-0.2, -0.15) is 0 Å². The molecule has 1 saturated heterocycles. The highest BCUT2D eigenvalue weighted by Gasteiger charge is 2.58. The number of carbonyl (C=O) groups is 2. The highest BCUT2D eigenvalue weighted by Crippen LogP contribution is 2.51. The Kier molecular flexibility index (Phi) is 4.08. The number of amides is 2. The molecule has 0 saturated carbocycles. The largest absolute Gasteiger partial charge is 0.331 e. The van der Waals surface area contributed by atoms with Gasteiger partial charge in [-0.1, -0.05) is 35.9 Å². The summed E-state index contributed by atoms with van der Waals surface area (Å²) >= 11 is 6.64. The number of thioether (sulfide) groups is 1. The molecule has 2 heterocycles. The van der Waals surface area contributed by atoms with Crippen LogP contribution in [0.15, 0.2) is 48.5 Å². The number of hydrazine groups is 1. The first-order chi connectivity index (χ1) is 12.5. The SMILES string of the molecule is Cc1ccc(NC(=S)NN2C(=O)CSC23C(=O)Nc2ccccc23)cc1. The van der Waals surface area contributed by atoms with Crippen LogP contribution in [-0.2, 0) is 14.5 Å². The van der Waals surface area contributed by atoms with E-state index in [-0.39, 0.29) is 22.7 Å². The first kappa shape index (κ1) is 16.9. The first-order valence-corrected chi connectivity index (χ1v) is 9.42. The Hall–Kier alpha value is -2.58. The number of fused-ring (bicyclic) bond motifs is 2. The zero-order valence-corrected chi connectivity index (χ0v) is 15.5. The van der Waals surface area contributed by atoms with E-state index >= 15 is 0 Å². The van der Waals surface area contributed by atoms with E-state index in [1.54, 1.807) is 0 Å². The molecule has 0 radical (unpaired) electrons. The summed E-state index contributed by atoms with van der Waals surface area (Å²) in [5, 5.41) is 7.49. The van der Waals surface area contributed by atoms with E-state index in [0.717, 1.165) is 16.8 Å². The summed E-state index contributed by atoms with van der Waals surface area (Å²) in [4.78, 5) is 24.1. The summed E-state index contributed by atoms with van der Waals surface area (Å²) in [5.74, 6) is -0.253. The van der Waals surface area contributed by atoms with E-state index in [1.165, 1.54) is 16.8 Å². The molecule has 132 valence electrons. The van der Waals surface area contributed by atoms with Gasteiger partial charge >= 0.3 is 0 Å². The lowest BCUT2D eigenvalue weighted by Gasteiger charge is -2.32. The van der Waals surface area contributed by atoms with Crippen LogP contribution in [0.5, 0.6) is 0 Å². The molecule has 2 aliphatic rings. The predicted octanol–water partition coefficient (Wildman–Crippen LogP) is 2.58. The normalized spacial score (nSPS) is 20.9. The minimum absolute atomic E-state index is 0.196. The minimum atomic E-state index is -1.15. The van der Waals surface area contributed by atoms with Crippen molar-refractivity contribution in [3.8, 4) is 0 Å². The van der Waals surface area contributed by atoms with Gasteiger partial charge in [0, 0.05) is 16.9 Å². The zero-order chi connectivity index (χ0) is 18.3. The number of aryl methyl sites for hydroxylation is 1. The number of para-hydroxylation sites is 1. The average molecular weight is 384 g/mol. The Morgan fingerprint density at radius 2 is 1.92 bits per heavy atom. The third kappa shape index (κ3) is 2.62. The summed E-state index contributed by atoms with van der Waals surface area (Å²) in [7, 11) is 0. The molecule has 0 aromatic heterocycles. The van der Waals surface area contributed by atoms with Crippen LogP contribution in [0.2, 0.25) is 0 Å². The second-order valence-corrected chi connectivity index (χ2v) is 7.67. The summed E-state index contributed by atoms with van der Waals surface area (Å²) in [6.07, 6.45) is 0. The Bertz CT molecular complexity index is 916.